The van der Waals surface area contributed by atoms with Crippen molar-refractivity contribution in [3.05, 3.63) is 88.8 Å². The van der Waals surface area contributed by atoms with Crippen molar-refractivity contribution in [2.24, 2.45) is 0 Å². The zero-order chi connectivity index (χ0) is 25.9. The fraction of sp³-hybridized carbons (Fsp3) is 0.300. The highest BCUT2D eigenvalue weighted by Crippen LogP contribution is 2.28. The van der Waals surface area contributed by atoms with Gasteiger partial charge in [-0.2, -0.15) is 0 Å². The normalized spacial score (nSPS) is 17.8. The van der Waals surface area contributed by atoms with Crippen molar-refractivity contribution in [2.75, 3.05) is 0 Å². The lowest BCUT2D eigenvalue weighted by molar-refractivity contribution is -0.132. The Hall–Kier alpha value is -4.13. The van der Waals surface area contributed by atoms with E-state index in [0.717, 1.165) is 66.1 Å². The first kappa shape index (κ1) is 24.6. The number of nitrogens with zero attached hydrogens (tertiary/aromatic N) is 2. The first-order valence-corrected chi connectivity index (χ1v) is 12.8. The average molecular weight is 498 g/mol. The molecule has 0 radical (unpaired) electrons. The van der Waals surface area contributed by atoms with Crippen LogP contribution >= 0.6 is 0 Å². The molecule has 2 aromatic carbocycles. The van der Waals surface area contributed by atoms with Gasteiger partial charge in [-0.1, -0.05) is 49.6 Å². The maximum absolute atomic E-state index is 13.3. The molecule has 1 aliphatic carbocycles. The fourth-order valence-corrected chi connectivity index (χ4v) is 5.26. The number of benzene rings is 2. The third-order valence-electron chi connectivity index (χ3n) is 7.19. The number of imide groups is 2. The highest BCUT2D eigenvalue weighted by molar-refractivity contribution is 6.31. The van der Waals surface area contributed by atoms with Crippen LogP contribution in [0.5, 0.6) is 5.75 Å². The molecule has 0 spiro atoms. The van der Waals surface area contributed by atoms with Crippen LogP contribution in [0.1, 0.15) is 54.6 Å². The molecule has 190 valence electrons. The monoisotopic (exact) mass is 497 g/mol. The van der Waals surface area contributed by atoms with Gasteiger partial charge in [0.1, 0.15) is 17.9 Å². The number of rotatable bonds is 6. The molecule has 1 saturated carbocycles. The summed E-state index contributed by atoms with van der Waals surface area (Å²) in [6.07, 6.45) is 6.22. The van der Waals surface area contributed by atoms with Crippen molar-refractivity contribution in [1.29, 1.82) is 0 Å². The highest BCUT2D eigenvalue weighted by Gasteiger charge is 2.40. The van der Waals surface area contributed by atoms with E-state index in [2.05, 4.69) is 9.88 Å². The Morgan fingerprint density at radius 2 is 1.65 bits per heavy atom. The molecule has 4 amide bonds. The Kier molecular flexibility index (Phi) is 6.95. The quantitative estimate of drug-likeness (QED) is 0.362. The van der Waals surface area contributed by atoms with Crippen molar-refractivity contribution in [3.63, 3.8) is 0 Å². The minimum atomic E-state index is -0.646. The molecule has 7 heteroatoms. The molecule has 1 N–H and O–H groups in total. The number of hydrogen-bond donors (Lipinski definition) is 1. The zero-order valence-corrected chi connectivity index (χ0v) is 21.2. The highest BCUT2D eigenvalue weighted by atomic mass is 16.5. The van der Waals surface area contributed by atoms with Crippen LogP contribution in [0.4, 0.5) is 4.79 Å². The van der Waals surface area contributed by atoms with Crippen LogP contribution in [-0.2, 0) is 16.2 Å². The molecule has 1 aromatic heterocycles. The van der Waals surface area contributed by atoms with Gasteiger partial charge in [0, 0.05) is 23.1 Å². The number of aryl methyl sites for hydroxylation is 1. The predicted molar refractivity (Wildman–Crippen MR) is 141 cm³/mol. The minimum absolute atomic E-state index is 0.00455. The van der Waals surface area contributed by atoms with Crippen LogP contribution in [0, 0.1) is 13.8 Å². The van der Waals surface area contributed by atoms with Crippen molar-refractivity contribution in [2.45, 2.75) is 58.6 Å². The molecule has 2 heterocycles. The fourth-order valence-electron chi connectivity index (χ4n) is 5.26. The van der Waals surface area contributed by atoms with Gasteiger partial charge in [-0.3, -0.25) is 19.8 Å². The van der Waals surface area contributed by atoms with Gasteiger partial charge in [0.2, 0.25) is 0 Å². The number of barbiturate groups is 1. The maximum Gasteiger partial charge on any atom is 0.331 e. The summed E-state index contributed by atoms with van der Waals surface area (Å²) in [5, 5.41) is 2.37. The summed E-state index contributed by atoms with van der Waals surface area (Å²) in [7, 11) is 0. The van der Waals surface area contributed by atoms with E-state index >= 15 is 0 Å². The molecule has 7 nitrogen and oxygen atoms in total. The van der Waals surface area contributed by atoms with Crippen molar-refractivity contribution in [3.8, 4) is 11.4 Å². The van der Waals surface area contributed by atoms with Gasteiger partial charge in [0.25, 0.3) is 11.8 Å². The number of carbonyl (C=O) groups excluding carboxylic acids is 3. The van der Waals surface area contributed by atoms with Crippen LogP contribution in [0.25, 0.3) is 11.8 Å². The van der Waals surface area contributed by atoms with Crippen LogP contribution in [-0.4, -0.2) is 33.4 Å². The van der Waals surface area contributed by atoms with E-state index in [1.807, 2.05) is 74.5 Å². The van der Waals surface area contributed by atoms with E-state index in [0.29, 0.717) is 6.61 Å². The SMILES string of the molecule is Cc1cc(C=C2C(=O)NC(=O)N(C3CCCCC3)C2=O)c(C)n1-c1ccc(OCc2ccccc2)cc1. The lowest BCUT2D eigenvalue weighted by atomic mass is 9.93. The zero-order valence-electron chi connectivity index (χ0n) is 21.2. The summed E-state index contributed by atoms with van der Waals surface area (Å²) in [6, 6.07) is 19.0. The predicted octanol–water partition coefficient (Wildman–Crippen LogP) is 5.47. The van der Waals surface area contributed by atoms with Gasteiger partial charge in [0.05, 0.1) is 0 Å². The lowest BCUT2D eigenvalue weighted by Gasteiger charge is -2.35. The summed E-state index contributed by atoms with van der Waals surface area (Å²) in [6.45, 7) is 4.43. The molecule has 1 aliphatic heterocycles. The third-order valence-corrected chi connectivity index (χ3v) is 7.19. The van der Waals surface area contributed by atoms with Gasteiger partial charge in [-0.25, -0.2) is 4.79 Å². The second-order valence-corrected chi connectivity index (χ2v) is 9.71. The molecular formula is C30H31N3O4. The minimum Gasteiger partial charge on any atom is -0.489 e. The molecule has 3 aromatic rings. The Bertz CT molecular complexity index is 1350. The van der Waals surface area contributed by atoms with Crippen molar-refractivity contribution < 1.29 is 19.1 Å². The van der Waals surface area contributed by atoms with Gasteiger partial charge in [-0.05, 0) is 74.2 Å². The standard InChI is InChI=1S/C30H31N3O4/c1-20-17-23(18-27-28(34)31-30(36)33(29(27)35)24-11-7-4-8-12-24)21(2)32(20)25-13-15-26(16-14-25)37-19-22-9-5-3-6-10-22/h3,5-6,9-10,13-18,24H,4,7-8,11-12,19H2,1-2H3,(H,31,34,36). The van der Waals surface area contributed by atoms with Crippen LogP contribution in [0.3, 0.4) is 0 Å². The van der Waals surface area contributed by atoms with E-state index in [4.69, 9.17) is 4.74 Å². The van der Waals surface area contributed by atoms with Crippen LogP contribution < -0.4 is 10.1 Å². The molecule has 0 bridgehead atoms. The summed E-state index contributed by atoms with van der Waals surface area (Å²) >= 11 is 0. The maximum atomic E-state index is 13.3. The van der Waals surface area contributed by atoms with Gasteiger partial charge < -0.3 is 9.30 Å². The number of urea groups is 1. The second-order valence-electron chi connectivity index (χ2n) is 9.71. The van der Waals surface area contributed by atoms with Gasteiger partial charge >= 0.3 is 6.03 Å². The first-order chi connectivity index (χ1) is 17.9. The molecular weight excluding hydrogens is 466 g/mol. The Labute approximate surface area is 216 Å². The van der Waals surface area contributed by atoms with E-state index in [-0.39, 0.29) is 11.6 Å². The Morgan fingerprint density at radius 3 is 2.35 bits per heavy atom. The second kappa shape index (κ2) is 10.5. The average Bonchev–Trinajstić information content (AvgIpc) is 3.19. The number of hydrogen-bond acceptors (Lipinski definition) is 4. The van der Waals surface area contributed by atoms with E-state index in [1.165, 1.54) is 4.90 Å². The topological polar surface area (TPSA) is 80.6 Å². The number of carbonyl (C=O) groups is 3. The molecule has 0 unspecified atom stereocenters. The largest absolute Gasteiger partial charge is 0.489 e. The number of ether oxygens (including phenoxy) is 1. The number of nitrogens with one attached hydrogen (secondary N) is 1. The van der Waals surface area contributed by atoms with E-state index < -0.39 is 17.8 Å². The molecule has 5 rings (SSSR count). The molecule has 2 aliphatic rings. The lowest BCUT2D eigenvalue weighted by Crippen LogP contribution is -2.58. The van der Waals surface area contributed by atoms with Crippen molar-refractivity contribution >= 4 is 23.9 Å². The van der Waals surface area contributed by atoms with Gasteiger partial charge in [0.15, 0.2) is 0 Å². The summed E-state index contributed by atoms with van der Waals surface area (Å²) in [5.41, 5.74) is 4.67. The van der Waals surface area contributed by atoms with Gasteiger partial charge in [-0.15, -0.1) is 0 Å². The molecule has 37 heavy (non-hydrogen) atoms. The molecule has 1 saturated heterocycles. The van der Waals surface area contributed by atoms with E-state index in [1.54, 1.807) is 6.08 Å². The van der Waals surface area contributed by atoms with Crippen LogP contribution in [0.2, 0.25) is 0 Å². The van der Waals surface area contributed by atoms with E-state index in [9.17, 15) is 14.4 Å². The molecule has 2 fully saturated rings. The summed E-state index contributed by atoms with van der Waals surface area (Å²) < 4.78 is 7.98. The number of amides is 4. The van der Waals surface area contributed by atoms with Crippen LogP contribution in [0.15, 0.2) is 66.2 Å². The van der Waals surface area contributed by atoms with Crippen molar-refractivity contribution in [1.82, 2.24) is 14.8 Å². The Morgan fingerprint density at radius 1 is 0.946 bits per heavy atom. The third kappa shape index (κ3) is 5.07. The smallest absolute Gasteiger partial charge is 0.331 e. The number of aromatic nitrogens is 1. The summed E-state index contributed by atoms with van der Waals surface area (Å²) in [4.78, 5) is 39.7. The first-order valence-electron chi connectivity index (χ1n) is 12.8. The molecule has 0 atom stereocenters. The Balaban J connectivity index is 1.37. The summed E-state index contributed by atoms with van der Waals surface area (Å²) in [5.74, 6) is -0.383.